The fraction of sp³-hybridized carbons (Fsp3) is 0.407. The van der Waals surface area contributed by atoms with Crippen molar-refractivity contribution >= 4 is 21.9 Å². The predicted octanol–water partition coefficient (Wildman–Crippen LogP) is -0.575. The Hall–Kier alpha value is -2.28. The predicted molar refractivity (Wildman–Crippen MR) is 140 cm³/mol. The maximum absolute atomic E-state index is 13.7. The Morgan fingerprint density at radius 2 is 1.69 bits per heavy atom. The maximum Gasteiger partial charge on any atom is 1.00 e. The van der Waals surface area contributed by atoms with Crippen LogP contribution in [-0.2, 0) is 27.0 Å². The minimum absolute atomic E-state index is 0. The number of aromatic nitrogens is 2. The van der Waals surface area contributed by atoms with Crippen LogP contribution in [-0.4, -0.2) is 53.4 Å². The van der Waals surface area contributed by atoms with Gasteiger partial charge < -0.3 is 24.7 Å². The van der Waals surface area contributed by atoms with Crippen molar-refractivity contribution < 1.29 is 62.5 Å². The number of hydrogen-bond acceptors (Lipinski definition) is 7. The van der Waals surface area contributed by atoms with Gasteiger partial charge in [-0.3, -0.25) is 0 Å². The molecule has 206 valence electrons. The maximum atomic E-state index is 13.7. The molecule has 0 unspecified atom stereocenters. The molecule has 3 rings (SSSR count). The van der Waals surface area contributed by atoms with Crippen molar-refractivity contribution in [1.82, 2.24) is 9.55 Å². The number of carboxylic acids is 1. The number of carboxylic acid groups (broad SMARTS) is 1. The molecule has 2 atom stereocenters. The molecule has 9 nitrogen and oxygen atoms in total. The van der Waals surface area contributed by atoms with E-state index in [9.17, 15) is 32.9 Å². The van der Waals surface area contributed by atoms with Crippen molar-refractivity contribution in [2.24, 2.45) is 0 Å². The van der Waals surface area contributed by atoms with Crippen molar-refractivity contribution in [3.8, 4) is 11.3 Å². The zero-order chi connectivity index (χ0) is 28.0. The van der Waals surface area contributed by atoms with Crippen LogP contribution in [0.2, 0.25) is 0 Å². The van der Waals surface area contributed by atoms with Crippen molar-refractivity contribution in [2.75, 3.05) is 11.4 Å². The fourth-order valence-electron chi connectivity index (χ4n) is 4.31. The Morgan fingerprint density at radius 3 is 2.26 bits per heavy atom. The summed E-state index contributed by atoms with van der Waals surface area (Å²) in [6.45, 7) is 3.75. The molecule has 1 aromatic heterocycles. The number of benzene rings is 2. The smallest absolute Gasteiger partial charge is 0.550 e. The van der Waals surface area contributed by atoms with E-state index in [1.54, 1.807) is 47.0 Å². The Morgan fingerprint density at radius 1 is 1.08 bits per heavy atom. The van der Waals surface area contributed by atoms with E-state index in [0.717, 1.165) is 4.31 Å². The summed E-state index contributed by atoms with van der Waals surface area (Å²) in [7, 11) is -2.39. The van der Waals surface area contributed by atoms with E-state index < -0.39 is 40.4 Å². The summed E-state index contributed by atoms with van der Waals surface area (Å²) in [6.07, 6.45) is -2.64. The summed E-state index contributed by atoms with van der Waals surface area (Å²) < 4.78 is 43.3. The van der Waals surface area contributed by atoms with E-state index in [2.05, 4.69) is 4.98 Å². The number of rotatable bonds is 13. The van der Waals surface area contributed by atoms with Crippen LogP contribution in [0.5, 0.6) is 0 Å². The quantitative estimate of drug-likeness (QED) is 0.263. The Balaban J connectivity index is 0.00000533. The molecule has 2 aromatic carbocycles. The zero-order valence-electron chi connectivity index (χ0n) is 22.6. The zero-order valence-corrected chi connectivity index (χ0v) is 25.4. The number of hydrogen-bond donors (Lipinski definition) is 2. The third-order valence-corrected chi connectivity index (χ3v) is 7.87. The van der Waals surface area contributed by atoms with Crippen molar-refractivity contribution in [3.63, 3.8) is 0 Å². The number of aliphatic carboxylic acids is 1. The van der Waals surface area contributed by atoms with E-state index in [1.165, 1.54) is 19.2 Å². The number of carbonyl (C=O) groups is 1. The molecular weight excluding hydrogens is 536 g/mol. The Bertz CT molecular complexity index is 1330. The normalized spacial score (nSPS) is 13.1. The van der Waals surface area contributed by atoms with E-state index in [0.29, 0.717) is 22.5 Å². The van der Waals surface area contributed by atoms with E-state index in [1.807, 2.05) is 13.8 Å². The molecule has 0 amide bonds. The number of aliphatic hydroxyl groups excluding tert-OH is 2. The van der Waals surface area contributed by atoms with E-state index in [4.69, 9.17) is 0 Å². The number of imidazole rings is 1. The minimum atomic E-state index is -3.83. The molecule has 39 heavy (non-hydrogen) atoms. The average Bonchev–Trinajstić information content (AvgIpc) is 3.22. The van der Waals surface area contributed by atoms with Crippen molar-refractivity contribution in [2.45, 2.75) is 63.5 Å². The molecule has 0 radical (unpaired) electrons. The summed E-state index contributed by atoms with van der Waals surface area (Å²) in [5.74, 6) is -1.90. The number of halogens is 1. The average molecular weight is 570 g/mol. The van der Waals surface area contributed by atoms with Crippen LogP contribution < -0.4 is 39.0 Å². The van der Waals surface area contributed by atoms with Gasteiger partial charge in [-0.2, -0.15) is 0 Å². The molecule has 0 fully saturated rings. The number of sulfonamides is 1. The number of anilines is 1. The van der Waals surface area contributed by atoms with Crippen LogP contribution in [0.3, 0.4) is 0 Å². The third kappa shape index (κ3) is 8.86. The molecule has 0 aliphatic carbocycles. The first-order valence-electron chi connectivity index (χ1n) is 12.3. The first-order valence-corrected chi connectivity index (χ1v) is 13.9. The second kappa shape index (κ2) is 14.4. The van der Waals surface area contributed by atoms with Crippen LogP contribution in [0.25, 0.3) is 11.3 Å². The first-order chi connectivity index (χ1) is 17.9. The molecule has 0 saturated heterocycles. The number of carbonyl (C=O) groups excluding carboxylic acids is 1. The molecular formula is C27H33FN3NaO6S. The molecule has 3 aromatic rings. The second-order valence-corrected chi connectivity index (χ2v) is 11.5. The first kappa shape index (κ1) is 32.9. The van der Waals surface area contributed by atoms with Gasteiger partial charge in [-0.05, 0) is 62.9 Å². The second-order valence-electron chi connectivity index (χ2n) is 9.55. The minimum Gasteiger partial charge on any atom is -0.550 e. The van der Waals surface area contributed by atoms with Gasteiger partial charge in [0.2, 0.25) is 16.0 Å². The number of nitrogens with zero attached hydrogens (tertiary/aromatic N) is 3. The molecule has 1 heterocycles. The van der Waals surface area contributed by atoms with Gasteiger partial charge in [-0.25, -0.2) is 22.1 Å². The van der Waals surface area contributed by atoms with Gasteiger partial charge in [-0.1, -0.05) is 30.3 Å². The van der Waals surface area contributed by atoms with Crippen LogP contribution in [0, 0.1) is 5.82 Å². The summed E-state index contributed by atoms with van der Waals surface area (Å²) in [4.78, 5) is 15.4. The Labute approximate surface area is 250 Å². The van der Waals surface area contributed by atoms with Gasteiger partial charge in [0.15, 0.2) is 0 Å². The Kier molecular flexibility index (Phi) is 12.1. The third-order valence-electron chi connectivity index (χ3n) is 6.18. The molecule has 0 aliphatic heterocycles. The van der Waals surface area contributed by atoms with Crippen molar-refractivity contribution in [1.29, 1.82) is 0 Å². The van der Waals surface area contributed by atoms with Gasteiger partial charge in [0.05, 0.1) is 23.7 Å². The van der Waals surface area contributed by atoms with Crippen molar-refractivity contribution in [3.05, 3.63) is 71.7 Å². The molecule has 0 spiro atoms. The SMILES string of the molecule is CC(C)n1c(N(C)S(=O)(=O)Cc2ccccc2)nc(-c2ccc(F)cc2)c1CC[C@@H](O)C[C@@H](O)CC(=O)[O-].[Na+]. The van der Waals surface area contributed by atoms with Gasteiger partial charge in [-0.15, -0.1) is 0 Å². The molecule has 0 aliphatic rings. The topological polar surface area (TPSA) is 136 Å². The molecule has 2 N–H and O–H groups in total. The van der Waals surface area contributed by atoms with Crippen LogP contribution in [0.1, 0.15) is 50.4 Å². The monoisotopic (exact) mass is 569 g/mol. The fourth-order valence-corrected chi connectivity index (χ4v) is 5.50. The summed E-state index contributed by atoms with van der Waals surface area (Å²) in [6, 6.07) is 14.2. The van der Waals surface area contributed by atoms with E-state index >= 15 is 0 Å². The van der Waals surface area contributed by atoms with Crippen LogP contribution in [0.15, 0.2) is 54.6 Å². The standard InChI is InChI=1S/C27H34FN3O6S.Na/c1-18(2)31-24(14-13-22(32)15-23(33)16-25(34)35)26(20-9-11-21(28)12-10-20)29-27(31)30(3)38(36,37)17-19-7-5-4-6-8-19;/h4-12,18,22-23,32-33H,13-17H2,1-3H3,(H,34,35);/q;+1/p-1/t22-,23-;/m1./s1. The number of aliphatic hydroxyl groups is 2. The molecule has 12 heteroatoms. The largest absolute Gasteiger partial charge is 1.00 e. The summed E-state index contributed by atoms with van der Waals surface area (Å²) >= 11 is 0. The van der Waals surface area contributed by atoms with Gasteiger partial charge in [0.1, 0.15) is 5.82 Å². The summed E-state index contributed by atoms with van der Waals surface area (Å²) in [5.41, 5.74) is 2.26. The van der Waals surface area contributed by atoms with Gasteiger partial charge in [0, 0.05) is 36.7 Å². The van der Waals surface area contributed by atoms with Crippen LogP contribution >= 0.6 is 0 Å². The van der Waals surface area contributed by atoms with Gasteiger partial charge in [0.25, 0.3) is 0 Å². The molecule has 0 bridgehead atoms. The van der Waals surface area contributed by atoms with Gasteiger partial charge >= 0.3 is 29.6 Å². The molecule has 0 saturated carbocycles. The summed E-state index contributed by atoms with van der Waals surface area (Å²) in [5, 5.41) is 31.1. The van der Waals surface area contributed by atoms with E-state index in [-0.39, 0.29) is 66.6 Å². The van der Waals surface area contributed by atoms with Crippen LogP contribution in [0.4, 0.5) is 10.3 Å².